The molecule has 3 aromatic rings. The molecule has 9 nitrogen and oxygen atoms in total. The highest BCUT2D eigenvalue weighted by atomic mass is 35.5. The SMILES string of the molecule is C=CCn1c(SCC(=O)Nc2ccc(Cl)c([N+](=O)[O-])c2)nnc1-c1ccc(OCC(C)C)cc1. The van der Waals surface area contributed by atoms with E-state index in [2.05, 4.69) is 35.9 Å². The maximum absolute atomic E-state index is 12.4. The average molecular weight is 502 g/mol. The average Bonchev–Trinajstić information content (AvgIpc) is 3.20. The molecule has 3 rings (SSSR count). The normalized spacial score (nSPS) is 10.8. The Morgan fingerprint density at radius 2 is 2.03 bits per heavy atom. The first-order valence-electron chi connectivity index (χ1n) is 10.4. The molecule has 0 saturated heterocycles. The van der Waals surface area contributed by atoms with Crippen LogP contribution in [0.25, 0.3) is 11.4 Å². The number of benzene rings is 2. The fourth-order valence-corrected chi connectivity index (χ4v) is 3.86. The lowest BCUT2D eigenvalue weighted by Gasteiger charge is -2.10. The second kappa shape index (κ2) is 11.7. The zero-order valence-electron chi connectivity index (χ0n) is 18.7. The van der Waals surface area contributed by atoms with E-state index in [0.29, 0.717) is 30.1 Å². The molecule has 0 unspecified atom stereocenters. The number of carbonyl (C=O) groups is 1. The number of nitro benzene ring substituents is 1. The zero-order valence-corrected chi connectivity index (χ0v) is 20.3. The van der Waals surface area contributed by atoms with Gasteiger partial charge in [-0.1, -0.05) is 43.3 Å². The van der Waals surface area contributed by atoms with Gasteiger partial charge in [-0.2, -0.15) is 0 Å². The zero-order chi connectivity index (χ0) is 24.7. The largest absolute Gasteiger partial charge is 0.493 e. The number of amides is 1. The van der Waals surface area contributed by atoms with Crippen molar-refractivity contribution in [1.82, 2.24) is 14.8 Å². The number of aromatic nitrogens is 3. The summed E-state index contributed by atoms with van der Waals surface area (Å²) in [5.41, 5.74) is 0.869. The maximum Gasteiger partial charge on any atom is 0.289 e. The molecular weight excluding hydrogens is 478 g/mol. The van der Waals surface area contributed by atoms with Gasteiger partial charge in [0, 0.05) is 23.9 Å². The van der Waals surface area contributed by atoms with Crippen molar-refractivity contribution in [3.8, 4) is 17.1 Å². The van der Waals surface area contributed by atoms with Crippen LogP contribution >= 0.6 is 23.4 Å². The second-order valence-electron chi connectivity index (χ2n) is 7.69. The van der Waals surface area contributed by atoms with Crippen molar-refractivity contribution in [2.45, 2.75) is 25.5 Å². The van der Waals surface area contributed by atoms with Gasteiger partial charge in [0.1, 0.15) is 10.8 Å². The van der Waals surface area contributed by atoms with E-state index in [4.69, 9.17) is 16.3 Å². The number of ether oxygens (including phenoxy) is 1. The van der Waals surface area contributed by atoms with E-state index >= 15 is 0 Å². The number of nitrogens with one attached hydrogen (secondary N) is 1. The summed E-state index contributed by atoms with van der Waals surface area (Å²) in [5.74, 6) is 1.55. The molecule has 0 fully saturated rings. The molecule has 1 N–H and O–H groups in total. The lowest BCUT2D eigenvalue weighted by molar-refractivity contribution is -0.384. The smallest absolute Gasteiger partial charge is 0.289 e. The number of allylic oxidation sites excluding steroid dienone is 1. The van der Waals surface area contributed by atoms with Crippen LogP contribution in [0.2, 0.25) is 5.02 Å². The fourth-order valence-electron chi connectivity index (χ4n) is 2.92. The standard InChI is InChI=1S/C23H24ClN5O4S/c1-4-11-28-22(16-5-8-18(9-6-16)33-13-15(2)3)26-27-23(28)34-14-21(30)25-17-7-10-19(24)20(12-17)29(31)32/h4-10,12,15H,1,11,13-14H2,2-3H3,(H,25,30). The third-order valence-electron chi connectivity index (χ3n) is 4.48. The Labute approximate surface area is 206 Å². The van der Waals surface area contributed by atoms with Crippen LogP contribution in [0.3, 0.4) is 0 Å². The van der Waals surface area contributed by atoms with Gasteiger partial charge in [-0.3, -0.25) is 19.5 Å². The van der Waals surface area contributed by atoms with Crippen LogP contribution in [-0.4, -0.2) is 38.0 Å². The molecule has 0 bridgehead atoms. The highest BCUT2D eigenvalue weighted by Crippen LogP contribution is 2.28. The molecule has 0 aliphatic carbocycles. The number of anilines is 1. The van der Waals surface area contributed by atoms with E-state index in [-0.39, 0.29) is 28.1 Å². The molecule has 178 valence electrons. The Morgan fingerprint density at radius 1 is 1.29 bits per heavy atom. The van der Waals surface area contributed by atoms with E-state index in [1.807, 2.05) is 28.8 Å². The Hall–Kier alpha value is -3.37. The van der Waals surface area contributed by atoms with Crippen LogP contribution in [0.5, 0.6) is 5.75 Å². The van der Waals surface area contributed by atoms with E-state index in [9.17, 15) is 14.9 Å². The summed E-state index contributed by atoms with van der Waals surface area (Å²) in [7, 11) is 0. The first-order chi connectivity index (χ1) is 16.3. The minimum atomic E-state index is -0.602. The molecule has 0 saturated carbocycles. The highest BCUT2D eigenvalue weighted by Gasteiger charge is 2.17. The van der Waals surface area contributed by atoms with Gasteiger partial charge in [0.2, 0.25) is 5.91 Å². The molecule has 0 atom stereocenters. The topological polar surface area (TPSA) is 112 Å². The van der Waals surface area contributed by atoms with Crippen LogP contribution in [0, 0.1) is 16.0 Å². The van der Waals surface area contributed by atoms with Crippen LogP contribution in [0.15, 0.2) is 60.3 Å². The summed E-state index contributed by atoms with van der Waals surface area (Å²) >= 11 is 7.02. The number of nitro groups is 1. The van der Waals surface area contributed by atoms with Crippen LogP contribution < -0.4 is 10.1 Å². The summed E-state index contributed by atoms with van der Waals surface area (Å²) in [6, 6.07) is 11.7. The Bertz CT molecular complexity index is 1180. The molecule has 1 aromatic heterocycles. The van der Waals surface area contributed by atoms with Gasteiger partial charge in [-0.05, 0) is 42.3 Å². The van der Waals surface area contributed by atoms with E-state index in [0.717, 1.165) is 11.3 Å². The Balaban J connectivity index is 1.69. The van der Waals surface area contributed by atoms with Crippen molar-refractivity contribution >= 4 is 40.6 Å². The number of rotatable bonds is 11. The maximum atomic E-state index is 12.4. The van der Waals surface area contributed by atoms with E-state index in [1.54, 1.807) is 6.08 Å². The number of nitrogens with zero attached hydrogens (tertiary/aromatic N) is 4. The second-order valence-corrected chi connectivity index (χ2v) is 9.04. The van der Waals surface area contributed by atoms with Gasteiger partial charge in [0.05, 0.1) is 17.3 Å². The van der Waals surface area contributed by atoms with E-state index in [1.165, 1.54) is 30.0 Å². The highest BCUT2D eigenvalue weighted by molar-refractivity contribution is 7.99. The summed E-state index contributed by atoms with van der Waals surface area (Å²) in [5, 5.41) is 22.7. The van der Waals surface area contributed by atoms with Crippen molar-refractivity contribution < 1.29 is 14.5 Å². The van der Waals surface area contributed by atoms with Crippen molar-refractivity contribution in [2.24, 2.45) is 5.92 Å². The van der Waals surface area contributed by atoms with Gasteiger partial charge in [0.25, 0.3) is 5.69 Å². The van der Waals surface area contributed by atoms with Crippen molar-refractivity contribution in [3.05, 3.63) is 70.3 Å². The molecule has 0 aliphatic heterocycles. The van der Waals surface area contributed by atoms with Crippen molar-refractivity contribution in [2.75, 3.05) is 17.7 Å². The third kappa shape index (κ3) is 6.58. The molecule has 0 radical (unpaired) electrons. The summed E-state index contributed by atoms with van der Waals surface area (Å²) < 4.78 is 7.59. The molecule has 0 aliphatic rings. The van der Waals surface area contributed by atoms with Gasteiger partial charge in [0.15, 0.2) is 11.0 Å². The Kier molecular flexibility index (Phi) is 8.67. The van der Waals surface area contributed by atoms with Crippen LogP contribution in [0.1, 0.15) is 13.8 Å². The monoisotopic (exact) mass is 501 g/mol. The molecule has 34 heavy (non-hydrogen) atoms. The van der Waals surface area contributed by atoms with Crippen LogP contribution in [-0.2, 0) is 11.3 Å². The van der Waals surface area contributed by atoms with Gasteiger partial charge >= 0.3 is 0 Å². The Morgan fingerprint density at radius 3 is 2.68 bits per heavy atom. The predicted octanol–water partition coefficient (Wildman–Crippen LogP) is 5.46. The number of halogens is 1. The first-order valence-corrected chi connectivity index (χ1v) is 11.8. The molecule has 1 heterocycles. The van der Waals surface area contributed by atoms with Crippen LogP contribution in [0.4, 0.5) is 11.4 Å². The number of carbonyl (C=O) groups excluding carboxylic acids is 1. The molecule has 11 heteroatoms. The third-order valence-corrected chi connectivity index (χ3v) is 5.77. The van der Waals surface area contributed by atoms with E-state index < -0.39 is 4.92 Å². The minimum Gasteiger partial charge on any atom is -0.493 e. The fraction of sp³-hybridized carbons (Fsp3) is 0.261. The predicted molar refractivity (Wildman–Crippen MR) is 133 cm³/mol. The number of thioether (sulfide) groups is 1. The molecule has 2 aromatic carbocycles. The summed E-state index contributed by atoms with van der Waals surface area (Å²) in [4.78, 5) is 22.9. The number of hydrogen-bond acceptors (Lipinski definition) is 7. The quantitative estimate of drug-likeness (QED) is 0.161. The molecule has 0 spiro atoms. The van der Waals surface area contributed by atoms with Gasteiger partial charge in [-0.15, -0.1) is 16.8 Å². The lowest BCUT2D eigenvalue weighted by atomic mass is 10.2. The first kappa shape index (κ1) is 25.3. The summed E-state index contributed by atoms with van der Waals surface area (Å²) in [6.45, 7) is 9.07. The number of hydrogen-bond donors (Lipinski definition) is 1. The molecule has 1 amide bonds. The minimum absolute atomic E-state index is 0.00180. The van der Waals surface area contributed by atoms with Gasteiger partial charge < -0.3 is 10.1 Å². The lowest BCUT2D eigenvalue weighted by Crippen LogP contribution is -2.14. The summed E-state index contributed by atoms with van der Waals surface area (Å²) in [6.07, 6.45) is 1.73. The van der Waals surface area contributed by atoms with Gasteiger partial charge in [-0.25, -0.2) is 0 Å². The van der Waals surface area contributed by atoms with Crippen molar-refractivity contribution in [3.63, 3.8) is 0 Å². The molecular formula is C23H24ClN5O4S. The van der Waals surface area contributed by atoms with Crippen molar-refractivity contribution in [1.29, 1.82) is 0 Å².